The molecule has 23 heavy (non-hydrogen) atoms. The van der Waals surface area contributed by atoms with Gasteiger partial charge in [0.1, 0.15) is 0 Å². The van der Waals surface area contributed by atoms with Crippen LogP contribution in [0, 0.1) is 5.92 Å². The molecule has 0 saturated carbocycles. The molecule has 5 N–H and O–H groups in total. The van der Waals surface area contributed by atoms with Crippen LogP contribution in [0.25, 0.3) is 0 Å². The molecule has 2 rings (SSSR count). The molecule has 0 bridgehead atoms. The van der Waals surface area contributed by atoms with Crippen molar-refractivity contribution < 1.29 is 14.4 Å². The van der Waals surface area contributed by atoms with Gasteiger partial charge < -0.3 is 21.7 Å². The Balaban J connectivity index is 2.28. The van der Waals surface area contributed by atoms with Crippen LogP contribution < -0.4 is 16.8 Å². The number of nitrogens with two attached hydrogens (primary N) is 2. The smallest absolute Gasteiger partial charge is 0.261 e. The number of amides is 2. The van der Waals surface area contributed by atoms with Gasteiger partial charge in [-0.2, -0.15) is 0 Å². The highest BCUT2D eigenvalue weighted by Crippen LogP contribution is 2.38. The number of nitrogens with one attached hydrogen (secondary N) is 1. The SMILES string of the molecule is CC(C)CC(N)C(=O)C1(C(N)=O)SCCN1C(=O)C1CCCN1. The van der Waals surface area contributed by atoms with Crippen LogP contribution in [0.5, 0.6) is 0 Å². The molecule has 130 valence electrons. The van der Waals surface area contributed by atoms with E-state index in [9.17, 15) is 14.4 Å². The van der Waals surface area contributed by atoms with E-state index in [1.54, 1.807) is 0 Å². The number of nitrogens with zero attached hydrogens (tertiary/aromatic N) is 1. The second kappa shape index (κ2) is 7.19. The van der Waals surface area contributed by atoms with Gasteiger partial charge >= 0.3 is 0 Å². The number of rotatable bonds is 6. The Morgan fingerprint density at radius 2 is 2.09 bits per heavy atom. The summed E-state index contributed by atoms with van der Waals surface area (Å²) in [6, 6.07) is -1.15. The Kier molecular flexibility index (Phi) is 5.70. The minimum absolute atomic E-state index is 0.214. The molecule has 3 unspecified atom stereocenters. The zero-order valence-corrected chi connectivity index (χ0v) is 14.5. The lowest BCUT2D eigenvalue weighted by molar-refractivity contribution is -0.148. The minimum Gasteiger partial charge on any atom is -0.366 e. The first-order valence-electron chi connectivity index (χ1n) is 8.09. The summed E-state index contributed by atoms with van der Waals surface area (Å²) in [5.74, 6) is -0.757. The maximum Gasteiger partial charge on any atom is 0.261 e. The second-order valence-electron chi connectivity index (χ2n) is 6.60. The molecular formula is C15H26N4O3S. The fourth-order valence-electron chi connectivity index (χ4n) is 3.26. The molecule has 2 aliphatic rings. The maximum atomic E-state index is 12.9. The van der Waals surface area contributed by atoms with Crippen LogP contribution in [0.3, 0.4) is 0 Å². The van der Waals surface area contributed by atoms with E-state index in [1.807, 2.05) is 13.8 Å². The Hall–Kier alpha value is -1.12. The molecule has 0 aromatic heterocycles. The van der Waals surface area contributed by atoms with Crippen LogP contribution in [0.15, 0.2) is 0 Å². The van der Waals surface area contributed by atoms with Crippen molar-refractivity contribution in [3.05, 3.63) is 0 Å². The van der Waals surface area contributed by atoms with Gasteiger partial charge in [0.15, 0.2) is 5.78 Å². The molecule has 0 aromatic carbocycles. The molecule has 0 aromatic rings. The highest BCUT2D eigenvalue weighted by atomic mass is 32.2. The van der Waals surface area contributed by atoms with Crippen LogP contribution in [0.2, 0.25) is 0 Å². The highest BCUT2D eigenvalue weighted by Gasteiger charge is 2.57. The van der Waals surface area contributed by atoms with Crippen LogP contribution in [0.4, 0.5) is 0 Å². The highest BCUT2D eigenvalue weighted by molar-refractivity contribution is 8.02. The summed E-state index contributed by atoms with van der Waals surface area (Å²) in [6.07, 6.45) is 2.07. The van der Waals surface area contributed by atoms with Gasteiger partial charge in [-0.3, -0.25) is 14.4 Å². The van der Waals surface area contributed by atoms with E-state index in [1.165, 1.54) is 4.90 Å². The van der Waals surface area contributed by atoms with Crippen molar-refractivity contribution >= 4 is 29.4 Å². The van der Waals surface area contributed by atoms with E-state index in [4.69, 9.17) is 11.5 Å². The summed E-state index contributed by atoms with van der Waals surface area (Å²) in [5, 5.41) is 3.12. The molecule has 2 amide bonds. The van der Waals surface area contributed by atoms with Crippen molar-refractivity contribution in [3.8, 4) is 0 Å². The third kappa shape index (κ3) is 3.39. The van der Waals surface area contributed by atoms with Crippen LogP contribution >= 0.6 is 11.8 Å². The van der Waals surface area contributed by atoms with Crippen molar-refractivity contribution in [2.75, 3.05) is 18.8 Å². The van der Waals surface area contributed by atoms with Crippen LogP contribution in [-0.2, 0) is 14.4 Å². The predicted octanol–water partition coefficient (Wildman–Crippen LogP) is -0.562. The summed E-state index contributed by atoms with van der Waals surface area (Å²) in [5.41, 5.74) is 11.6. The summed E-state index contributed by atoms with van der Waals surface area (Å²) in [4.78, 5) is 37.6. The van der Waals surface area contributed by atoms with Gasteiger partial charge in [-0.25, -0.2) is 0 Å². The molecule has 2 fully saturated rings. The van der Waals surface area contributed by atoms with Crippen molar-refractivity contribution in [1.82, 2.24) is 10.2 Å². The van der Waals surface area contributed by atoms with Crippen molar-refractivity contribution in [1.29, 1.82) is 0 Å². The second-order valence-corrected chi connectivity index (χ2v) is 7.88. The Morgan fingerprint density at radius 3 is 2.61 bits per heavy atom. The molecule has 0 aliphatic carbocycles. The Labute approximate surface area is 140 Å². The number of hydrogen-bond acceptors (Lipinski definition) is 6. The van der Waals surface area contributed by atoms with Gasteiger partial charge in [0, 0.05) is 12.3 Å². The normalized spacial score (nSPS) is 29.0. The summed E-state index contributed by atoms with van der Waals surface area (Å²) in [6.45, 7) is 5.01. The number of primary amides is 1. The van der Waals surface area contributed by atoms with Gasteiger partial charge in [-0.05, 0) is 31.7 Å². The molecule has 0 radical (unpaired) electrons. The maximum absolute atomic E-state index is 12.9. The number of carbonyl (C=O) groups excluding carboxylic acids is 3. The monoisotopic (exact) mass is 342 g/mol. The first-order valence-corrected chi connectivity index (χ1v) is 9.08. The fraction of sp³-hybridized carbons (Fsp3) is 0.800. The summed E-state index contributed by atoms with van der Waals surface area (Å²) >= 11 is 1.13. The number of ketones is 1. The van der Waals surface area contributed by atoms with Gasteiger partial charge in [-0.15, -0.1) is 11.8 Å². The molecule has 2 heterocycles. The lowest BCUT2D eigenvalue weighted by Gasteiger charge is -2.36. The molecule has 7 nitrogen and oxygen atoms in total. The largest absolute Gasteiger partial charge is 0.366 e. The average Bonchev–Trinajstić information content (AvgIpc) is 3.14. The first-order chi connectivity index (χ1) is 10.8. The minimum atomic E-state index is -1.66. The van der Waals surface area contributed by atoms with Gasteiger partial charge in [0.25, 0.3) is 5.91 Å². The molecule has 2 aliphatic heterocycles. The van der Waals surface area contributed by atoms with Gasteiger partial charge in [0.2, 0.25) is 10.8 Å². The number of Topliss-reactive ketones (excluding diaryl/α,β-unsaturated/α-hetero) is 1. The van der Waals surface area contributed by atoms with Crippen molar-refractivity contribution in [2.24, 2.45) is 17.4 Å². The van der Waals surface area contributed by atoms with E-state index in [0.717, 1.165) is 24.7 Å². The van der Waals surface area contributed by atoms with E-state index >= 15 is 0 Å². The lowest BCUT2D eigenvalue weighted by atomic mass is 9.95. The Morgan fingerprint density at radius 1 is 1.39 bits per heavy atom. The third-order valence-corrected chi connectivity index (χ3v) is 5.79. The van der Waals surface area contributed by atoms with Crippen LogP contribution in [0.1, 0.15) is 33.1 Å². The third-order valence-electron chi connectivity index (χ3n) is 4.36. The standard InChI is InChI=1S/C15H26N4O3S/c1-9(2)8-10(16)12(20)15(14(17)22)19(6-7-23-15)13(21)11-4-3-5-18-11/h9-11,18H,3-8,16H2,1-2H3,(H2,17,22). The Bertz CT molecular complexity index is 493. The van der Waals surface area contributed by atoms with Gasteiger partial charge in [-0.1, -0.05) is 13.8 Å². The molecule has 3 atom stereocenters. The topological polar surface area (TPSA) is 119 Å². The van der Waals surface area contributed by atoms with Gasteiger partial charge in [0.05, 0.1) is 12.1 Å². The van der Waals surface area contributed by atoms with E-state index < -0.39 is 22.6 Å². The zero-order chi connectivity index (χ0) is 17.2. The summed E-state index contributed by atoms with van der Waals surface area (Å²) in [7, 11) is 0. The number of carbonyl (C=O) groups is 3. The molecular weight excluding hydrogens is 316 g/mol. The van der Waals surface area contributed by atoms with Crippen molar-refractivity contribution in [2.45, 2.75) is 50.1 Å². The number of hydrogen-bond donors (Lipinski definition) is 3. The van der Waals surface area contributed by atoms with Crippen LogP contribution in [-0.4, -0.2) is 58.3 Å². The fourth-order valence-corrected chi connectivity index (χ4v) is 4.61. The molecule has 2 saturated heterocycles. The molecule has 0 spiro atoms. The summed E-state index contributed by atoms with van der Waals surface area (Å²) < 4.78 is 0. The van der Waals surface area contributed by atoms with E-state index in [-0.39, 0.29) is 17.9 Å². The lowest BCUT2D eigenvalue weighted by Crippen LogP contribution is -2.65. The number of thioether (sulfide) groups is 1. The predicted molar refractivity (Wildman–Crippen MR) is 89.6 cm³/mol. The van der Waals surface area contributed by atoms with Crippen molar-refractivity contribution in [3.63, 3.8) is 0 Å². The average molecular weight is 342 g/mol. The first kappa shape index (κ1) is 18.2. The molecule has 8 heteroatoms. The quantitative estimate of drug-likeness (QED) is 0.557. The van der Waals surface area contributed by atoms with E-state index in [2.05, 4.69) is 5.32 Å². The van der Waals surface area contributed by atoms with E-state index in [0.29, 0.717) is 25.1 Å². The zero-order valence-electron chi connectivity index (χ0n) is 13.7.